The monoisotopic (exact) mass is 356 g/mol. The number of benzene rings is 2. The number of nitrogens with one attached hydrogen (secondary N) is 1. The first kappa shape index (κ1) is 17.1. The molecule has 2 aromatic carbocycles. The quantitative estimate of drug-likeness (QED) is 0.710. The van der Waals surface area contributed by atoms with Gasteiger partial charge < -0.3 is 9.88 Å². The largest absolute Gasteiger partial charge is 0.341 e. The molecule has 132 valence electrons. The second-order valence-electron chi connectivity index (χ2n) is 6.36. The van der Waals surface area contributed by atoms with Gasteiger partial charge in [-0.3, -0.25) is 14.5 Å². The van der Waals surface area contributed by atoms with Gasteiger partial charge in [-0.1, -0.05) is 60.7 Å². The van der Waals surface area contributed by atoms with Crippen LogP contribution < -0.4 is 15.9 Å². The number of imidazole rings is 1. The lowest BCUT2D eigenvalue weighted by Crippen LogP contribution is -2.38. The third kappa shape index (κ3) is 3.36. The van der Waals surface area contributed by atoms with Crippen LogP contribution in [0.15, 0.2) is 60.7 Å². The summed E-state index contributed by atoms with van der Waals surface area (Å²) in [6, 6.07) is 19.3. The molecule has 1 aliphatic rings. The van der Waals surface area contributed by atoms with Crippen molar-refractivity contribution < 1.29 is 9.59 Å². The fraction of sp³-hybridized carbons (Fsp3) is 0.150. The highest BCUT2D eigenvalue weighted by molar-refractivity contribution is 6.30. The molecule has 0 aliphatic carbocycles. The van der Waals surface area contributed by atoms with Crippen LogP contribution in [-0.4, -0.2) is 35.8 Å². The van der Waals surface area contributed by atoms with E-state index in [0.29, 0.717) is 18.9 Å². The van der Waals surface area contributed by atoms with Gasteiger partial charge in [-0.2, -0.15) is 0 Å². The molecule has 0 fully saturated rings. The minimum absolute atomic E-state index is 0.0761. The number of fused-ring (bicyclic) bond motifs is 1. The first-order valence-corrected chi connectivity index (χ1v) is 8.66. The van der Waals surface area contributed by atoms with Crippen molar-refractivity contribution in [3.05, 3.63) is 77.5 Å². The van der Waals surface area contributed by atoms with Crippen LogP contribution in [0.5, 0.6) is 0 Å². The molecular formula is C20H17BN4O2. The summed E-state index contributed by atoms with van der Waals surface area (Å²) in [6.07, 6.45) is 0. The first-order valence-electron chi connectivity index (χ1n) is 8.66. The molecule has 0 saturated heterocycles. The van der Waals surface area contributed by atoms with Crippen LogP contribution in [-0.2, 0) is 17.9 Å². The smallest absolute Gasteiger partial charge is 0.274 e. The standard InChI is InChI=1S/C20H17BN4O2/c21-20-23-17-18(27)22-11-16(26)24(12-14-7-3-1-4-8-14)19(17)25(20)13-15-9-5-2-6-10-15/h1-10H,11-13H2,(H,22,27). The van der Waals surface area contributed by atoms with Crippen molar-refractivity contribution in [2.45, 2.75) is 13.1 Å². The lowest BCUT2D eigenvalue weighted by atomic mass is 10.1. The minimum Gasteiger partial charge on any atom is -0.341 e. The van der Waals surface area contributed by atoms with Gasteiger partial charge in [-0.15, -0.1) is 0 Å². The SMILES string of the molecule is [B]c1nc2c(n1Cc1ccccc1)N(Cc1ccccc1)C(=O)CNC2=O. The fourth-order valence-corrected chi connectivity index (χ4v) is 3.19. The summed E-state index contributed by atoms with van der Waals surface area (Å²) >= 11 is 0. The second kappa shape index (κ2) is 7.11. The lowest BCUT2D eigenvalue weighted by Gasteiger charge is -2.23. The summed E-state index contributed by atoms with van der Waals surface area (Å²) in [7, 11) is 6.12. The predicted molar refractivity (Wildman–Crippen MR) is 103 cm³/mol. The van der Waals surface area contributed by atoms with Crippen LogP contribution in [0.3, 0.4) is 0 Å². The molecule has 2 heterocycles. The Morgan fingerprint density at radius 2 is 1.52 bits per heavy atom. The van der Waals surface area contributed by atoms with Gasteiger partial charge in [0.2, 0.25) is 5.91 Å². The van der Waals surface area contributed by atoms with Crippen molar-refractivity contribution in [1.82, 2.24) is 14.9 Å². The number of aromatic nitrogens is 2. The van der Waals surface area contributed by atoms with Crippen LogP contribution in [0.1, 0.15) is 21.6 Å². The first-order chi connectivity index (χ1) is 13.1. The molecule has 1 aliphatic heterocycles. The molecule has 3 aromatic rings. The molecular weight excluding hydrogens is 339 g/mol. The van der Waals surface area contributed by atoms with E-state index < -0.39 is 5.91 Å². The van der Waals surface area contributed by atoms with E-state index in [2.05, 4.69) is 10.3 Å². The maximum absolute atomic E-state index is 12.8. The molecule has 0 atom stereocenters. The van der Waals surface area contributed by atoms with E-state index in [0.717, 1.165) is 11.1 Å². The Balaban J connectivity index is 1.81. The Labute approximate surface area is 158 Å². The van der Waals surface area contributed by atoms with Crippen molar-refractivity contribution in [2.24, 2.45) is 0 Å². The zero-order valence-electron chi connectivity index (χ0n) is 14.6. The second-order valence-corrected chi connectivity index (χ2v) is 6.36. The predicted octanol–water partition coefficient (Wildman–Crippen LogP) is 1.00. The third-order valence-electron chi connectivity index (χ3n) is 4.51. The highest BCUT2D eigenvalue weighted by atomic mass is 16.2. The molecule has 27 heavy (non-hydrogen) atoms. The van der Waals surface area contributed by atoms with Crippen molar-refractivity contribution in [3.8, 4) is 0 Å². The Kier molecular flexibility index (Phi) is 4.50. The highest BCUT2D eigenvalue weighted by Gasteiger charge is 2.32. The van der Waals surface area contributed by atoms with E-state index in [1.165, 1.54) is 0 Å². The van der Waals surface area contributed by atoms with E-state index >= 15 is 0 Å². The van der Waals surface area contributed by atoms with Gasteiger partial charge in [-0.25, -0.2) is 4.98 Å². The number of amides is 2. The summed E-state index contributed by atoms with van der Waals surface area (Å²) in [5.41, 5.74) is 2.33. The van der Waals surface area contributed by atoms with Gasteiger partial charge >= 0.3 is 0 Å². The highest BCUT2D eigenvalue weighted by Crippen LogP contribution is 2.24. The average Bonchev–Trinajstić information content (AvgIpc) is 2.96. The topological polar surface area (TPSA) is 67.2 Å². The van der Waals surface area contributed by atoms with Crippen LogP contribution in [0, 0.1) is 0 Å². The number of nitrogens with zero attached hydrogens (tertiary/aromatic N) is 3. The van der Waals surface area contributed by atoms with E-state index in [1.807, 2.05) is 60.7 Å². The van der Waals surface area contributed by atoms with E-state index in [-0.39, 0.29) is 23.9 Å². The number of carbonyl (C=O) groups is 2. The number of hydrogen-bond acceptors (Lipinski definition) is 3. The summed E-state index contributed by atoms with van der Waals surface area (Å²) in [5, 5.41) is 2.61. The molecule has 7 heteroatoms. The Bertz CT molecular complexity index is 986. The zero-order chi connectivity index (χ0) is 18.8. The van der Waals surface area contributed by atoms with Crippen LogP contribution in [0.2, 0.25) is 0 Å². The van der Waals surface area contributed by atoms with Crippen molar-refractivity contribution in [3.63, 3.8) is 0 Å². The molecule has 0 saturated carbocycles. The van der Waals surface area contributed by atoms with E-state index in [9.17, 15) is 9.59 Å². The van der Waals surface area contributed by atoms with Gasteiger partial charge in [-0.05, 0) is 11.1 Å². The van der Waals surface area contributed by atoms with Crippen LogP contribution >= 0.6 is 0 Å². The summed E-state index contributed by atoms with van der Waals surface area (Å²) in [5.74, 6) is -0.173. The van der Waals surface area contributed by atoms with Crippen molar-refractivity contribution >= 4 is 31.2 Å². The Hall–Kier alpha value is -3.35. The number of hydrogen-bond donors (Lipinski definition) is 1. The lowest BCUT2D eigenvalue weighted by molar-refractivity contribution is -0.117. The summed E-state index contributed by atoms with van der Waals surface area (Å²) < 4.78 is 1.72. The maximum Gasteiger partial charge on any atom is 0.274 e. The molecule has 0 bridgehead atoms. The van der Waals surface area contributed by atoms with Gasteiger partial charge in [0.25, 0.3) is 5.91 Å². The molecule has 1 aromatic heterocycles. The van der Waals surface area contributed by atoms with Crippen LogP contribution in [0.4, 0.5) is 5.82 Å². The van der Waals surface area contributed by atoms with Gasteiger partial charge in [0, 0.05) is 6.54 Å². The van der Waals surface area contributed by atoms with Crippen LogP contribution in [0.25, 0.3) is 0 Å². The molecule has 1 N–H and O–H groups in total. The molecule has 0 spiro atoms. The maximum atomic E-state index is 12.8. The van der Waals surface area contributed by atoms with E-state index in [1.54, 1.807) is 9.47 Å². The Morgan fingerprint density at radius 1 is 0.926 bits per heavy atom. The molecule has 0 unspecified atom stereocenters. The molecule has 6 nitrogen and oxygen atoms in total. The summed E-state index contributed by atoms with van der Waals surface area (Å²) in [6.45, 7) is 0.676. The van der Waals surface area contributed by atoms with Gasteiger partial charge in [0.1, 0.15) is 5.82 Å². The molecule has 4 rings (SSSR count). The van der Waals surface area contributed by atoms with Crippen molar-refractivity contribution in [2.75, 3.05) is 11.4 Å². The van der Waals surface area contributed by atoms with Crippen molar-refractivity contribution in [1.29, 1.82) is 0 Å². The average molecular weight is 356 g/mol. The zero-order valence-corrected chi connectivity index (χ0v) is 14.6. The normalized spacial score (nSPS) is 13.9. The van der Waals surface area contributed by atoms with Gasteiger partial charge in [0.05, 0.1) is 18.8 Å². The van der Waals surface area contributed by atoms with Gasteiger partial charge in [0.15, 0.2) is 13.5 Å². The minimum atomic E-state index is -0.396. The Morgan fingerprint density at radius 3 is 2.15 bits per heavy atom. The third-order valence-corrected chi connectivity index (χ3v) is 4.51. The van der Waals surface area contributed by atoms with E-state index in [4.69, 9.17) is 7.85 Å². The number of rotatable bonds is 4. The number of carbonyl (C=O) groups excluding carboxylic acids is 2. The fourth-order valence-electron chi connectivity index (χ4n) is 3.19. The molecule has 2 radical (unpaired) electrons. The number of anilines is 1. The molecule has 2 amide bonds. The summed E-state index contributed by atoms with van der Waals surface area (Å²) in [4.78, 5) is 31.0.